The lowest BCUT2D eigenvalue weighted by Gasteiger charge is -2.18. The van der Waals surface area contributed by atoms with Crippen LogP contribution in [-0.2, 0) is 11.3 Å². The Labute approximate surface area is 105 Å². The number of thiazole rings is 1. The molecule has 0 fully saturated rings. The molecule has 5 nitrogen and oxygen atoms in total. The highest BCUT2D eigenvalue weighted by Crippen LogP contribution is 2.27. The van der Waals surface area contributed by atoms with E-state index < -0.39 is 5.97 Å². The molecule has 0 radical (unpaired) electrons. The predicted octanol–water partition coefficient (Wildman–Crippen LogP) is 2.22. The van der Waals surface area contributed by atoms with E-state index in [2.05, 4.69) is 16.8 Å². The smallest absolute Gasteiger partial charge is 0.347 e. The molecule has 0 amide bonds. The average molecular weight is 258 g/mol. The fourth-order valence-electron chi connectivity index (χ4n) is 1.54. The van der Waals surface area contributed by atoms with Crippen molar-refractivity contribution in [3.05, 3.63) is 10.6 Å². The number of nitrogens with zero attached hydrogens (tertiary/aromatic N) is 2. The molecule has 1 N–H and O–H groups in total. The van der Waals surface area contributed by atoms with Crippen molar-refractivity contribution in [3.8, 4) is 0 Å². The molecular formula is C11H18N2O3S. The van der Waals surface area contributed by atoms with Crippen molar-refractivity contribution in [3.63, 3.8) is 0 Å². The summed E-state index contributed by atoms with van der Waals surface area (Å²) in [5.74, 6) is -0.937. The molecule has 0 saturated heterocycles. The van der Waals surface area contributed by atoms with Crippen LogP contribution in [0.3, 0.4) is 0 Å². The molecule has 0 aliphatic heterocycles. The Bertz CT molecular complexity index is 379. The van der Waals surface area contributed by atoms with Gasteiger partial charge in [0.2, 0.25) is 0 Å². The van der Waals surface area contributed by atoms with E-state index in [1.54, 1.807) is 0 Å². The van der Waals surface area contributed by atoms with Crippen molar-refractivity contribution in [1.82, 2.24) is 4.98 Å². The molecule has 1 aromatic rings. The molecule has 6 heteroatoms. The molecule has 0 atom stereocenters. The van der Waals surface area contributed by atoms with Gasteiger partial charge in [-0.05, 0) is 13.3 Å². The zero-order chi connectivity index (χ0) is 12.8. The first kappa shape index (κ1) is 13.9. The lowest BCUT2D eigenvalue weighted by atomic mass is 10.4. The lowest BCUT2D eigenvalue weighted by Crippen LogP contribution is -2.23. The monoisotopic (exact) mass is 258 g/mol. The van der Waals surface area contributed by atoms with Gasteiger partial charge >= 0.3 is 5.97 Å². The topological polar surface area (TPSA) is 62.7 Å². The van der Waals surface area contributed by atoms with E-state index in [-0.39, 0.29) is 11.5 Å². The maximum absolute atomic E-state index is 11.1. The molecular weight excluding hydrogens is 240 g/mol. The number of anilines is 1. The number of hydrogen-bond donors (Lipinski definition) is 1. The van der Waals surface area contributed by atoms with Gasteiger partial charge in [0.25, 0.3) is 0 Å². The highest BCUT2D eigenvalue weighted by atomic mass is 32.1. The first-order valence-electron chi connectivity index (χ1n) is 5.60. The van der Waals surface area contributed by atoms with Crippen molar-refractivity contribution in [2.75, 3.05) is 25.1 Å². The number of rotatable bonds is 7. The molecule has 0 spiro atoms. The van der Waals surface area contributed by atoms with Crippen LogP contribution in [0.25, 0.3) is 0 Å². The van der Waals surface area contributed by atoms with E-state index in [4.69, 9.17) is 9.84 Å². The number of methoxy groups -OCH3 is 1. The Morgan fingerprint density at radius 1 is 1.53 bits per heavy atom. The summed E-state index contributed by atoms with van der Waals surface area (Å²) in [5, 5.41) is 9.85. The molecule has 96 valence electrons. The van der Waals surface area contributed by atoms with Gasteiger partial charge < -0.3 is 14.7 Å². The van der Waals surface area contributed by atoms with E-state index in [0.717, 1.165) is 24.6 Å². The predicted molar refractivity (Wildman–Crippen MR) is 68.0 cm³/mol. The summed E-state index contributed by atoms with van der Waals surface area (Å²) in [4.78, 5) is 17.8. The minimum Gasteiger partial charge on any atom is -0.477 e. The molecule has 0 aliphatic rings. The zero-order valence-electron chi connectivity index (χ0n) is 10.4. The molecule has 0 saturated carbocycles. The first-order chi connectivity index (χ1) is 8.13. The summed E-state index contributed by atoms with van der Waals surface area (Å²) in [5.41, 5.74) is 0.509. The third kappa shape index (κ3) is 3.41. The molecule has 0 aromatic carbocycles. The Balaban J connectivity index is 3.00. The van der Waals surface area contributed by atoms with Gasteiger partial charge in [0.05, 0.1) is 12.3 Å². The van der Waals surface area contributed by atoms with Gasteiger partial charge in [0.15, 0.2) is 5.13 Å². The van der Waals surface area contributed by atoms with Gasteiger partial charge in [0.1, 0.15) is 4.88 Å². The highest BCUT2D eigenvalue weighted by molar-refractivity contribution is 7.17. The standard InChI is InChI=1S/C11H18N2O3S/c1-4-6-13(5-2)11-12-8(7-16-3)9(17-11)10(14)15/h4-7H2,1-3H3,(H,14,15). The second-order valence-corrected chi connectivity index (χ2v) is 4.57. The maximum atomic E-state index is 11.1. The average Bonchev–Trinajstić information content (AvgIpc) is 2.70. The number of hydrogen-bond acceptors (Lipinski definition) is 5. The van der Waals surface area contributed by atoms with Crippen LogP contribution >= 0.6 is 11.3 Å². The van der Waals surface area contributed by atoms with Crippen LogP contribution < -0.4 is 4.90 Å². The van der Waals surface area contributed by atoms with Crippen LogP contribution in [0.15, 0.2) is 0 Å². The summed E-state index contributed by atoms with van der Waals surface area (Å²) >= 11 is 1.22. The molecule has 1 aromatic heterocycles. The molecule has 0 aliphatic carbocycles. The summed E-state index contributed by atoms with van der Waals surface area (Å²) in [6.07, 6.45) is 1.01. The molecule has 1 rings (SSSR count). The fraction of sp³-hybridized carbons (Fsp3) is 0.636. The van der Waals surface area contributed by atoms with Gasteiger partial charge in [-0.25, -0.2) is 9.78 Å². The van der Waals surface area contributed by atoms with Gasteiger partial charge in [-0.3, -0.25) is 0 Å². The second-order valence-electron chi connectivity index (χ2n) is 3.59. The van der Waals surface area contributed by atoms with E-state index in [9.17, 15) is 4.79 Å². The summed E-state index contributed by atoms with van der Waals surface area (Å²) in [7, 11) is 1.54. The number of carboxylic acids is 1. The number of aromatic carboxylic acids is 1. The van der Waals surface area contributed by atoms with Crippen molar-refractivity contribution in [2.24, 2.45) is 0 Å². The number of aromatic nitrogens is 1. The van der Waals surface area contributed by atoms with E-state index >= 15 is 0 Å². The van der Waals surface area contributed by atoms with Crippen LogP contribution in [0.2, 0.25) is 0 Å². The Hall–Kier alpha value is -1.14. The van der Waals surface area contributed by atoms with Crippen molar-refractivity contribution < 1.29 is 14.6 Å². The third-order valence-corrected chi connectivity index (χ3v) is 3.45. The Morgan fingerprint density at radius 2 is 2.24 bits per heavy atom. The molecule has 0 bridgehead atoms. The quantitative estimate of drug-likeness (QED) is 0.812. The van der Waals surface area contributed by atoms with Crippen LogP contribution in [-0.4, -0.2) is 36.3 Å². The molecule has 1 heterocycles. The summed E-state index contributed by atoms with van der Waals surface area (Å²) in [6.45, 7) is 6.07. The Morgan fingerprint density at radius 3 is 2.71 bits per heavy atom. The van der Waals surface area contributed by atoms with Gasteiger partial charge in [-0.2, -0.15) is 0 Å². The summed E-state index contributed by atoms with van der Waals surface area (Å²) < 4.78 is 4.97. The Kier molecular flexibility index (Phi) is 5.37. The van der Waals surface area contributed by atoms with Gasteiger partial charge in [-0.15, -0.1) is 0 Å². The minimum absolute atomic E-state index is 0.238. The van der Waals surface area contributed by atoms with E-state index in [1.807, 2.05) is 6.92 Å². The molecule has 17 heavy (non-hydrogen) atoms. The SMILES string of the molecule is CCCN(CC)c1nc(COC)c(C(=O)O)s1. The van der Waals surface area contributed by atoms with Crippen LogP contribution in [0, 0.1) is 0 Å². The van der Waals surface area contributed by atoms with Crippen LogP contribution in [0.1, 0.15) is 35.6 Å². The number of carboxylic acid groups (broad SMARTS) is 1. The maximum Gasteiger partial charge on any atom is 0.347 e. The van der Waals surface area contributed by atoms with Crippen molar-refractivity contribution >= 4 is 22.4 Å². The zero-order valence-corrected chi connectivity index (χ0v) is 11.2. The minimum atomic E-state index is -0.937. The second kappa shape index (κ2) is 6.56. The van der Waals surface area contributed by atoms with Crippen molar-refractivity contribution in [1.29, 1.82) is 0 Å². The molecule has 0 unspecified atom stereocenters. The van der Waals surface area contributed by atoms with Crippen LogP contribution in [0.5, 0.6) is 0 Å². The largest absolute Gasteiger partial charge is 0.477 e. The normalized spacial score (nSPS) is 10.5. The van der Waals surface area contributed by atoms with E-state index in [1.165, 1.54) is 18.4 Å². The number of ether oxygens (including phenoxy) is 1. The van der Waals surface area contributed by atoms with Gasteiger partial charge in [-0.1, -0.05) is 18.3 Å². The fourth-order valence-corrected chi connectivity index (χ4v) is 2.53. The number of carbonyl (C=O) groups is 1. The van der Waals surface area contributed by atoms with Crippen LogP contribution in [0.4, 0.5) is 5.13 Å². The van der Waals surface area contributed by atoms with E-state index in [0.29, 0.717) is 5.69 Å². The highest BCUT2D eigenvalue weighted by Gasteiger charge is 2.19. The third-order valence-electron chi connectivity index (χ3n) is 2.31. The summed E-state index contributed by atoms with van der Waals surface area (Å²) in [6, 6.07) is 0. The van der Waals surface area contributed by atoms with Crippen molar-refractivity contribution in [2.45, 2.75) is 26.9 Å². The van der Waals surface area contributed by atoms with Gasteiger partial charge in [0, 0.05) is 20.2 Å². The first-order valence-corrected chi connectivity index (χ1v) is 6.42. The lowest BCUT2D eigenvalue weighted by molar-refractivity contribution is 0.0697.